The molecule has 0 saturated carbocycles. The van der Waals surface area contributed by atoms with Crippen LogP contribution in [0, 0.1) is 0 Å². The van der Waals surface area contributed by atoms with Gasteiger partial charge in [-0.25, -0.2) is 0 Å². The highest BCUT2D eigenvalue weighted by Crippen LogP contribution is 2.10. The summed E-state index contributed by atoms with van der Waals surface area (Å²) in [5.74, 6) is 0.0122. The van der Waals surface area contributed by atoms with Crippen LogP contribution in [0.2, 0.25) is 5.02 Å². The lowest BCUT2D eigenvalue weighted by molar-refractivity contribution is -0.133. The van der Waals surface area contributed by atoms with Gasteiger partial charge in [-0.2, -0.15) is 0 Å². The maximum Gasteiger partial charge on any atom is 0.251 e. The first-order valence-electron chi connectivity index (χ1n) is 9.54. The van der Waals surface area contributed by atoms with Crippen LogP contribution < -0.4 is 5.32 Å². The Bertz CT molecular complexity index is 775. The molecule has 1 fully saturated rings. The average molecular weight is 401 g/mol. The van der Waals surface area contributed by atoms with E-state index in [0.29, 0.717) is 30.0 Å². The number of aromatic nitrogens is 1. The third kappa shape index (κ3) is 6.04. The zero-order valence-electron chi connectivity index (χ0n) is 15.8. The first-order valence-corrected chi connectivity index (χ1v) is 9.92. The summed E-state index contributed by atoms with van der Waals surface area (Å²) in [6.45, 7) is 4.63. The number of piperazine rings is 1. The molecule has 1 N–H and O–H groups in total. The van der Waals surface area contributed by atoms with E-state index in [-0.39, 0.29) is 11.8 Å². The second-order valence-electron chi connectivity index (χ2n) is 6.88. The number of hydrogen-bond acceptors (Lipinski definition) is 4. The fourth-order valence-corrected chi connectivity index (χ4v) is 3.33. The van der Waals surface area contributed by atoms with E-state index in [1.807, 2.05) is 17.0 Å². The van der Waals surface area contributed by atoms with Crippen molar-refractivity contribution in [3.8, 4) is 0 Å². The number of carbonyl (C=O) groups excluding carboxylic acids is 2. The molecule has 148 valence electrons. The molecular formula is C21H25ClN4O2. The molecule has 0 radical (unpaired) electrons. The summed E-state index contributed by atoms with van der Waals surface area (Å²) < 4.78 is 0. The van der Waals surface area contributed by atoms with Crippen LogP contribution in [0.3, 0.4) is 0 Å². The Morgan fingerprint density at radius 1 is 1.00 bits per heavy atom. The lowest BCUT2D eigenvalue weighted by Crippen LogP contribution is -2.48. The van der Waals surface area contributed by atoms with Gasteiger partial charge in [0.05, 0.1) is 0 Å². The Morgan fingerprint density at radius 3 is 2.36 bits per heavy atom. The summed E-state index contributed by atoms with van der Waals surface area (Å²) in [4.78, 5) is 32.7. The van der Waals surface area contributed by atoms with Crippen LogP contribution in [0.5, 0.6) is 0 Å². The van der Waals surface area contributed by atoms with Gasteiger partial charge in [-0.15, -0.1) is 0 Å². The van der Waals surface area contributed by atoms with Gasteiger partial charge >= 0.3 is 0 Å². The molecule has 1 aliphatic heterocycles. The fraction of sp³-hybridized carbons (Fsp3) is 0.381. The molecule has 0 aliphatic carbocycles. The van der Waals surface area contributed by atoms with Gasteiger partial charge in [-0.1, -0.05) is 11.6 Å². The van der Waals surface area contributed by atoms with E-state index in [9.17, 15) is 9.59 Å². The smallest absolute Gasteiger partial charge is 0.251 e. The van der Waals surface area contributed by atoms with Crippen molar-refractivity contribution < 1.29 is 9.59 Å². The number of halogens is 1. The number of rotatable bonds is 7. The average Bonchev–Trinajstić information content (AvgIpc) is 2.72. The zero-order valence-corrected chi connectivity index (χ0v) is 16.6. The SMILES string of the molecule is O=C(NCCCC(=O)N1CCN(Cc2ccncc2)CC1)c1ccc(Cl)cc1. The first kappa shape index (κ1) is 20.3. The molecule has 1 saturated heterocycles. The molecule has 0 atom stereocenters. The number of amides is 2. The van der Waals surface area contributed by atoms with E-state index in [4.69, 9.17) is 11.6 Å². The number of carbonyl (C=O) groups is 2. The predicted molar refractivity (Wildman–Crippen MR) is 109 cm³/mol. The Hall–Kier alpha value is -2.44. The number of pyridine rings is 1. The van der Waals surface area contributed by atoms with Gasteiger partial charge < -0.3 is 10.2 Å². The molecule has 2 amide bonds. The zero-order chi connectivity index (χ0) is 19.8. The molecular weight excluding hydrogens is 376 g/mol. The highest BCUT2D eigenvalue weighted by atomic mass is 35.5. The molecule has 2 heterocycles. The Kier molecular flexibility index (Phi) is 7.39. The molecule has 1 aromatic heterocycles. The molecule has 28 heavy (non-hydrogen) atoms. The van der Waals surface area contributed by atoms with Crippen LogP contribution in [0.15, 0.2) is 48.8 Å². The van der Waals surface area contributed by atoms with Crippen LogP contribution in [-0.4, -0.2) is 59.3 Å². The highest BCUT2D eigenvalue weighted by molar-refractivity contribution is 6.30. The molecule has 3 rings (SSSR count). The minimum Gasteiger partial charge on any atom is -0.352 e. The summed E-state index contributed by atoms with van der Waals surface area (Å²) in [5.41, 5.74) is 1.81. The van der Waals surface area contributed by atoms with Crippen molar-refractivity contribution in [2.45, 2.75) is 19.4 Å². The van der Waals surface area contributed by atoms with Crippen LogP contribution >= 0.6 is 11.6 Å². The quantitative estimate of drug-likeness (QED) is 0.725. The van der Waals surface area contributed by atoms with Gasteiger partial charge in [0.1, 0.15) is 0 Å². The second-order valence-corrected chi connectivity index (χ2v) is 7.32. The number of benzene rings is 1. The maximum absolute atomic E-state index is 12.4. The summed E-state index contributed by atoms with van der Waals surface area (Å²) in [6, 6.07) is 10.8. The lowest BCUT2D eigenvalue weighted by Gasteiger charge is -2.34. The standard InChI is InChI=1S/C21H25ClN4O2/c22-19-5-3-18(4-6-19)21(28)24-9-1-2-20(27)26-14-12-25(13-15-26)16-17-7-10-23-11-8-17/h3-8,10-11H,1-2,9,12-16H2,(H,24,28). The summed E-state index contributed by atoms with van der Waals surface area (Å²) >= 11 is 5.82. The van der Waals surface area contributed by atoms with Gasteiger partial charge in [-0.3, -0.25) is 19.5 Å². The Balaban J connectivity index is 1.32. The van der Waals surface area contributed by atoms with Crippen LogP contribution in [0.4, 0.5) is 0 Å². The van der Waals surface area contributed by atoms with E-state index >= 15 is 0 Å². The minimum absolute atomic E-state index is 0.145. The van der Waals surface area contributed by atoms with E-state index in [2.05, 4.69) is 15.2 Å². The van der Waals surface area contributed by atoms with Crippen molar-refractivity contribution in [2.24, 2.45) is 0 Å². The van der Waals surface area contributed by atoms with Gasteiger partial charge in [0.2, 0.25) is 5.91 Å². The molecule has 1 aliphatic rings. The number of nitrogens with one attached hydrogen (secondary N) is 1. The van der Waals surface area contributed by atoms with Crippen molar-refractivity contribution >= 4 is 23.4 Å². The van der Waals surface area contributed by atoms with Gasteiger partial charge in [0, 0.05) is 68.7 Å². The summed E-state index contributed by atoms with van der Waals surface area (Å²) in [7, 11) is 0. The number of hydrogen-bond donors (Lipinski definition) is 1. The number of nitrogens with zero attached hydrogens (tertiary/aromatic N) is 3. The van der Waals surface area contributed by atoms with Gasteiger partial charge in [-0.05, 0) is 48.4 Å². The minimum atomic E-state index is -0.145. The molecule has 2 aromatic rings. The summed E-state index contributed by atoms with van der Waals surface area (Å²) in [5, 5.41) is 3.44. The Labute approximate surface area is 170 Å². The second kappa shape index (κ2) is 10.2. The van der Waals surface area contributed by atoms with Crippen molar-refractivity contribution in [3.05, 3.63) is 64.9 Å². The monoisotopic (exact) mass is 400 g/mol. The van der Waals surface area contributed by atoms with E-state index in [1.54, 1.807) is 36.7 Å². The van der Waals surface area contributed by atoms with Crippen LogP contribution in [0.25, 0.3) is 0 Å². The molecule has 1 aromatic carbocycles. The lowest BCUT2D eigenvalue weighted by atomic mass is 10.2. The topological polar surface area (TPSA) is 65.5 Å². The van der Waals surface area contributed by atoms with Crippen LogP contribution in [0.1, 0.15) is 28.8 Å². The summed E-state index contributed by atoms with van der Waals surface area (Å²) in [6.07, 6.45) is 4.70. The molecule has 0 spiro atoms. The molecule has 0 bridgehead atoms. The van der Waals surface area contributed by atoms with Crippen molar-refractivity contribution in [1.29, 1.82) is 0 Å². The van der Waals surface area contributed by atoms with Crippen molar-refractivity contribution in [1.82, 2.24) is 20.1 Å². The molecule has 0 unspecified atom stereocenters. The van der Waals surface area contributed by atoms with Crippen molar-refractivity contribution in [3.63, 3.8) is 0 Å². The fourth-order valence-electron chi connectivity index (χ4n) is 3.20. The highest BCUT2D eigenvalue weighted by Gasteiger charge is 2.20. The van der Waals surface area contributed by atoms with E-state index in [0.717, 1.165) is 32.7 Å². The molecule has 7 heteroatoms. The first-order chi connectivity index (χ1) is 13.6. The Morgan fingerprint density at radius 2 is 1.68 bits per heavy atom. The third-order valence-corrected chi connectivity index (χ3v) is 5.09. The van der Waals surface area contributed by atoms with E-state index < -0.39 is 0 Å². The maximum atomic E-state index is 12.4. The van der Waals surface area contributed by atoms with E-state index in [1.165, 1.54) is 5.56 Å². The molecule has 6 nitrogen and oxygen atoms in total. The van der Waals surface area contributed by atoms with Gasteiger partial charge in [0.25, 0.3) is 5.91 Å². The largest absolute Gasteiger partial charge is 0.352 e. The van der Waals surface area contributed by atoms with Crippen molar-refractivity contribution in [2.75, 3.05) is 32.7 Å². The predicted octanol–water partition coefficient (Wildman–Crippen LogP) is 2.59. The normalized spacial score (nSPS) is 14.7. The van der Waals surface area contributed by atoms with Gasteiger partial charge in [0.15, 0.2) is 0 Å². The third-order valence-electron chi connectivity index (χ3n) is 4.84. The van der Waals surface area contributed by atoms with Crippen LogP contribution in [-0.2, 0) is 11.3 Å².